The van der Waals surface area contributed by atoms with E-state index in [0.29, 0.717) is 11.5 Å². The molecule has 5 aromatic rings. The highest BCUT2D eigenvalue weighted by molar-refractivity contribution is 6.03. The highest BCUT2D eigenvalue weighted by Gasteiger charge is 2.16. The lowest BCUT2D eigenvalue weighted by Crippen LogP contribution is -2.13. The van der Waals surface area contributed by atoms with Crippen LogP contribution in [-0.2, 0) is 0 Å². The van der Waals surface area contributed by atoms with Crippen molar-refractivity contribution in [1.29, 1.82) is 0 Å². The number of fused-ring (bicyclic) bond motifs is 1. The quantitative estimate of drug-likeness (QED) is 0.437. The van der Waals surface area contributed by atoms with Gasteiger partial charge in [-0.2, -0.15) is 9.67 Å². The van der Waals surface area contributed by atoms with Gasteiger partial charge >= 0.3 is 0 Å². The van der Waals surface area contributed by atoms with E-state index in [4.69, 9.17) is 0 Å². The molecule has 2 N–H and O–H groups in total. The maximum absolute atomic E-state index is 12.6. The minimum atomic E-state index is -0.272. The number of carbonyl (C=O) groups is 1. The lowest BCUT2D eigenvalue weighted by atomic mass is 10.2. The molecule has 0 saturated carbocycles. The number of nitrogens with one attached hydrogen (secondary N) is 2. The molecule has 2 aromatic heterocycles. The van der Waals surface area contributed by atoms with Crippen molar-refractivity contribution in [2.45, 2.75) is 0 Å². The van der Waals surface area contributed by atoms with E-state index in [1.54, 1.807) is 23.0 Å². The van der Waals surface area contributed by atoms with Crippen LogP contribution < -0.4 is 10.6 Å². The second-order valence-corrected chi connectivity index (χ2v) is 6.83. The second kappa shape index (κ2) is 8.08. The van der Waals surface area contributed by atoms with Gasteiger partial charge in [-0.3, -0.25) is 15.1 Å². The van der Waals surface area contributed by atoms with E-state index < -0.39 is 0 Å². The standard InChI is InChI=1S/C24H18N6O/c31-22(17-9-3-1-4-10-17)27-23-28-24(30(29-23)18-11-5-2-6-12-18)26-21-15-16-25-20-14-8-7-13-19(20)21/h1-16H,(H2,25,26,27,28,29,31). The Bertz CT molecular complexity index is 1340. The van der Waals surface area contributed by atoms with Crippen molar-refractivity contribution >= 4 is 34.4 Å². The van der Waals surface area contributed by atoms with Crippen LogP contribution in [-0.4, -0.2) is 25.7 Å². The smallest absolute Gasteiger partial charge is 0.258 e. The third-order valence-electron chi connectivity index (χ3n) is 4.76. The van der Waals surface area contributed by atoms with Crippen LogP contribution in [0.1, 0.15) is 10.4 Å². The summed E-state index contributed by atoms with van der Waals surface area (Å²) in [7, 11) is 0. The molecule has 0 aliphatic carbocycles. The highest BCUT2D eigenvalue weighted by Crippen LogP contribution is 2.26. The van der Waals surface area contributed by atoms with Gasteiger partial charge in [0, 0.05) is 17.1 Å². The van der Waals surface area contributed by atoms with Gasteiger partial charge in [0.2, 0.25) is 5.95 Å². The van der Waals surface area contributed by atoms with E-state index in [1.807, 2.05) is 78.9 Å². The van der Waals surface area contributed by atoms with E-state index in [1.165, 1.54) is 0 Å². The summed E-state index contributed by atoms with van der Waals surface area (Å²) in [6.45, 7) is 0. The van der Waals surface area contributed by atoms with Crippen molar-refractivity contribution in [2.24, 2.45) is 0 Å². The molecule has 150 valence electrons. The van der Waals surface area contributed by atoms with Gasteiger partial charge in [-0.15, -0.1) is 5.10 Å². The third kappa shape index (κ3) is 3.84. The van der Waals surface area contributed by atoms with Crippen LogP contribution in [0.5, 0.6) is 0 Å². The summed E-state index contributed by atoms with van der Waals surface area (Å²) < 4.78 is 1.66. The monoisotopic (exact) mass is 406 g/mol. The molecular weight excluding hydrogens is 388 g/mol. The average Bonchev–Trinajstić information content (AvgIpc) is 3.22. The van der Waals surface area contributed by atoms with Gasteiger partial charge < -0.3 is 5.32 Å². The number of hydrogen-bond donors (Lipinski definition) is 2. The van der Waals surface area contributed by atoms with Crippen LogP contribution in [0.3, 0.4) is 0 Å². The summed E-state index contributed by atoms with van der Waals surface area (Å²) in [5.41, 5.74) is 3.07. The maximum Gasteiger partial charge on any atom is 0.258 e. The number of pyridine rings is 1. The molecule has 1 amide bonds. The Hall–Kier alpha value is -4.52. The van der Waals surface area contributed by atoms with E-state index in [0.717, 1.165) is 22.3 Å². The molecule has 7 nitrogen and oxygen atoms in total. The Labute approximate surface area is 178 Å². The fourth-order valence-electron chi connectivity index (χ4n) is 3.28. The molecule has 0 aliphatic rings. The lowest BCUT2D eigenvalue weighted by molar-refractivity contribution is 0.102. The normalized spacial score (nSPS) is 10.7. The minimum absolute atomic E-state index is 0.207. The molecule has 0 radical (unpaired) electrons. The topological polar surface area (TPSA) is 84.7 Å². The fourth-order valence-corrected chi connectivity index (χ4v) is 3.28. The first kappa shape index (κ1) is 18.5. The molecular formula is C24H18N6O. The predicted octanol–water partition coefficient (Wildman–Crippen LogP) is 4.81. The summed E-state index contributed by atoms with van der Waals surface area (Å²) >= 11 is 0. The summed E-state index contributed by atoms with van der Waals surface area (Å²) in [5, 5.41) is 11.6. The highest BCUT2D eigenvalue weighted by atomic mass is 16.1. The number of amides is 1. The zero-order valence-electron chi connectivity index (χ0n) is 16.4. The van der Waals surface area contributed by atoms with Gasteiger partial charge in [-0.25, -0.2) is 0 Å². The molecule has 0 unspecified atom stereocenters. The van der Waals surface area contributed by atoms with Crippen molar-refractivity contribution < 1.29 is 4.79 Å². The zero-order valence-corrected chi connectivity index (χ0v) is 16.4. The molecule has 0 bridgehead atoms. The Morgan fingerprint density at radius 3 is 2.32 bits per heavy atom. The zero-order chi connectivity index (χ0) is 21.0. The number of aromatic nitrogens is 4. The number of rotatable bonds is 5. The number of hydrogen-bond acceptors (Lipinski definition) is 5. The maximum atomic E-state index is 12.6. The van der Waals surface area contributed by atoms with Crippen LogP contribution in [0.4, 0.5) is 17.6 Å². The SMILES string of the molecule is O=C(Nc1nc(Nc2ccnc3ccccc23)n(-c2ccccc2)n1)c1ccccc1. The molecule has 31 heavy (non-hydrogen) atoms. The van der Waals surface area contributed by atoms with Gasteiger partial charge in [0.25, 0.3) is 11.9 Å². The number of nitrogens with zero attached hydrogens (tertiary/aromatic N) is 4. The van der Waals surface area contributed by atoms with Gasteiger partial charge in [0.1, 0.15) is 0 Å². The van der Waals surface area contributed by atoms with E-state index in [2.05, 4.69) is 25.7 Å². The van der Waals surface area contributed by atoms with Crippen molar-refractivity contribution in [3.05, 3.63) is 103 Å². The van der Waals surface area contributed by atoms with E-state index in [-0.39, 0.29) is 11.9 Å². The Morgan fingerprint density at radius 2 is 1.52 bits per heavy atom. The lowest BCUT2D eigenvalue weighted by Gasteiger charge is -2.10. The van der Waals surface area contributed by atoms with Crippen molar-refractivity contribution in [3.63, 3.8) is 0 Å². The van der Waals surface area contributed by atoms with Crippen LogP contribution in [0.2, 0.25) is 0 Å². The van der Waals surface area contributed by atoms with E-state index >= 15 is 0 Å². The van der Waals surface area contributed by atoms with Crippen molar-refractivity contribution in [1.82, 2.24) is 19.7 Å². The second-order valence-electron chi connectivity index (χ2n) is 6.83. The molecule has 0 saturated heterocycles. The van der Waals surface area contributed by atoms with Gasteiger partial charge in [-0.05, 0) is 36.4 Å². The third-order valence-corrected chi connectivity index (χ3v) is 4.76. The first-order chi connectivity index (χ1) is 15.3. The van der Waals surface area contributed by atoms with Crippen LogP contribution in [0.25, 0.3) is 16.6 Å². The first-order valence-electron chi connectivity index (χ1n) is 9.77. The van der Waals surface area contributed by atoms with Crippen molar-refractivity contribution in [2.75, 3.05) is 10.6 Å². The summed E-state index contributed by atoms with van der Waals surface area (Å²) in [6, 6.07) is 28.3. The predicted molar refractivity (Wildman–Crippen MR) is 121 cm³/mol. The summed E-state index contributed by atoms with van der Waals surface area (Å²) in [6.07, 6.45) is 1.74. The number of benzene rings is 3. The molecule has 0 aliphatic heterocycles. The Morgan fingerprint density at radius 1 is 0.806 bits per heavy atom. The average molecular weight is 406 g/mol. The van der Waals surface area contributed by atoms with Crippen LogP contribution in [0.15, 0.2) is 97.2 Å². The molecule has 5 rings (SSSR count). The minimum Gasteiger partial charge on any atom is -0.323 e. The molecule has 0 fully saturated rings. The Kier molecular flexibility index (Phi) is 4.82. The van der Waals surface area contributed by atoms with Crippen LogP contribution in [0, 0.1) is 0 Å². The summed E-state index contributed by atoms with van der Waals surface area (Å²) in [4.78, 5) is 21.5. The largest absolute Gasteiger partial charge is 0.323 e. The molecule has 3 aromatic carbocycles. The van der Waals surface area contributed by atoms with Gasteiger partial charge in [-0.1, -0.05) is 54.6 Å². The fraction of sp³-hybridized carbons (Fsp3) is 0. The molecule has 2 heterocycles. The molecule has 0 atom stereocenters. The molecule has 7 heteroatoms. The first-order valence-corrected chi connectivity index (χ1v) is 9.77. The Balaban J connectivity index is 1.53. The molecule has 0 spiro atoms. The number of para-hydroxylation sites is 2. The number of anilines is 3. The van der Waals surface area contributed by atoms with Crippen LogP contribution >= 0.6 is 0 Å². The van der Waals surface area contributed by atoms with Crippen molar-refractivity contribution in [3.8, 4) is 5.69 Å². The van der Waals surface area contributed by atoms with E-state index in [9.17, 15) is 4.79 Å². The number of carbonyl (C=O) groups excluding carboxylic acids is 1. The summed E-state index contributed by atoms with van der Waals surface area (Å²) in [5.74, 6) is 0.413. The van der Waals surface area contributed by atoms with Gasteiger partial charge in [0.15, 0.2) is 0 Å². The van der Waals surface area contributed by atoms with Gasteiger partial charge in [0.05, 0.1) is 16.9 Å².